The summed E-state index contributed by atoms with van der Waals surface area (Å²) < 4.78 is 24.9. The highest BCUT2D eigenvalue weighted by Gasteiger charge is 2.59. The number of ether oxygens (including phenoxy) is 4. The molecule has 3 aromatic rings. The van der Waals surface area contributed by atoms with Crippen molar-refractivity contribution in [3.8, 4) is 0 Å². The Hall–Kier alpha value is -3.29. The summed E-state index contributed by atoms with van der Waals surface area (Å²) in [7, 11) is 1.56. The first-order valence-electron chi connectivity index (χ1n) is 12.0. The third kappa shape index (κ3) is 5.42. The van der Waals surface area contributed by atoms with E-state index in [1.165, 1.54) is 0 Å². The third-order valence-electron chi connectivity index (χ3n) is 6.59. The molecule has 0 saturated carbocycles. The Morgan fingerprint density at radius 2 is 1.58 bits per heavy atom. The normalized spacial score (nSPS) is 23.4. The lowest BCUT2D eigenvalue weighted by Gasteiger charge is -2.38. The Morgan fingerprint density at radius 3 is 2.19 bits per heavy atom. The van der Waals surface area contributed by atoms with Gasteiger partial charge in [-0.1, -0.05) is 84.9 Å². The summed E-state index contributed by atoms with van der Waals surface area (Å²) in [5, 5.41) is 10.0. The molecule has 0 bridgehead atoms. The van der Waals surface area contributed by atoms with Crippen LogP contribution in [0.4, 0.5) is 0 Å². The van der Waals surface area contributed by atoms with Gasteiger partial charge in [0.15, 0.2) is 6.29 Å². The number of carboxylic acids is 1. The van der Waals surface area contributed by atoms with Gasteiger partial charge in [0, 0.05) is 7.11 Å². The van der Waals surface area contributed by atoms with Gasteiger partial charge < -0.3 is 24.1 Å². The Bertz CT molecular complexity index is 1130. The molecule has 3 aromatic carbocycles. The molecule has 1 aliphatic rings. The molecule has 4 atom stereocenters. The van der Waals surface area contributed by atoms with E-state index in [2.05, 4.69) is 6.58 Å². The molecule has 1 saturated heterocycles. The smallest absolute Gasteiger partial charge is 0.335 e. The lowest BCUT2D eigenvalue weighted by molar-refractivity contribution is -0.150. The zero-order valence-corrected chi connectivity index (χ0v) is 20.4. The van der Waals surface area contributed by atoms with Crippen LogP contribution in [0.1, 0.15) is 33.5 Å². The molecule has 4 unspecified atom stereocenters. The van der Waals surface area contributed by atoms with E-state index in [4.69, 9.17) is 18.9 Å². The van der Waals surface area contributed by atoms with Crippen molar-refractivity contribution in [1.82, 2.24) is 0 Å². The predicted molar refractivity (Wildman–Crippen MR) is 137 cm³/mol. The van der Waals surface area contributed by atoms with Crippen LogP contribution in [0, 0.1) is 0 Å². The van der Waals surface area contributed by atoms with E-state index in [0.717, 1.165) is 11.1 Å². The lowest BCUT2D eigenvalue weighted by atomic mass is 9.70. The predicted octanol–water partition coefficient (Wildman–Crippen LogP) is 5.37. The van der Waals surface area contributed by atoms with Crippen molar-refractivity contribution in [1.29, 1.82) is 0 Å². The maximum absolute atomic E-state index is 12.2. The van der Waals surface area contributed by atoms with Crippen molar-refractivity contribution in [2.45, 2.75) is 43.5 Å². The molecule has 188 valence electrons. The Kier molecular flexibility index (Phi) is 8.67. The van der Waals surface area contributed by atoms with Gasteiger partial charge in [0.25, 0.3) is 0 Å². The van der Waals surface area contributed by atoms with Gasteiger partial charge in [-0.3, -0.25) is 0 Å². The topological polar surface area (TPSA) is 74.2 Å². The molecule has 4 rings (SSSR count). The maximum Gasteiger partial charge on any atom is 0.335 e. The minimum Gasteiger partial charge on any atom is -0.478 e. The second kappa shape index (κ2) is 12.1. The number of hydrogen-bond acceptors (Lipinski definition) is 5. The monoisotopic (exact) mass is 488 g/mol. The number of allylic oxidation sites excluding steroid dienone is 1. The lowest BCUT2D eigenvalue weighted by Crippen LogP contribution is -2.48. The minimum atomic E-state index is -1.02. The fourth-order valence-electron chi connectivity index (χ4n) is 5.01. The van der Waals surface area contributed by atoms with Gasteiger partial charge in [-0.25, -0.2) is 4.79 Å². The average Bonchev–Trinajstić information content (AvgIpc) is 3.21. The molecular formula is C30H32O6. The van der Waals surface area contributed by atoms with Gasteiger partial charge in [0.1, 0.15) is 12.2 Å². The molecule has 6 heteroatoms. The van der Waals surface area contributed by atoms with Gasteiger partial charge in [-0.2, -0.15) is 0 Å². The molecule has 1 heterocycles. The summed E-state index contributed by atoms with van der Waals surface area (Å²) in [6.07, 6.45) is 0.341. The highest BCUT2D eigenvalue weighted by molar-refractivity contribution is 5.90. The van der Waals surface area contributed by atoms with Crippen LogP contribution < -0.4 is 0 Å². The van der Waals surface area contributed by atoms with Crippen LogP contribution in [-0.4, -0.2) is 43.3 Å². The van der Waals surface area contributed by atoms with E-state index in [1.807, 2.05) is 72.8 Å². The van der Waals surface area contributed by atoms with E-state index in [-0.39, 0.29) is 12.2 Å². The number of carboxylic acid groups (broad SMARTS) is 1. The van der Waals surface area contributed by atoms with Crippen LogP contribution in [0.25, 0.3) is 0 Å². The number of methoxy groups -OCH3 is 1. The van der Waals surface area contributed by atoms with Crippen LogP contribution in [0.3, 0.4) is 0 Å². The minimum absolute atomic E-state index is 0.184. The number of aromatic carboxylic acids is 1. The Labute approximate surface area is 212 Å². The number of rotatable bonds is 12. The molecule has 0 spiro atoms. The molecule has 1 fully saturated rings. The van der Waals surface area contributed by atoms with Crippen LogP contribution in [0.5, 0.6) is 0 Å². The molecule has 0 radical (unpaired) electrons. The van der Waals surface area contributed by atoms with Gasteiger partial charge in [0.05, 0.1) is 30.8 Å². The summed E-state index contributed by atoms with van der Waals surface area (Å²) >= 11 is 0. The molecule has 1 aliphatic heterocycles. The van der Waals surface area contributed by atoms with Crippen molar-refractivity contribution < 1.29 is 28.8 Å². The van der Waals surface area contributed by atoms with Crippen LogP contribution in [-0.2, 0) is 37.6 Å². The number of benzene rings is 3. The Balaban J connectivity index is 1.71. The second-order valence-corrected chi connectivity index (χ2v) is 8.84. The van der Waals surface area contributed by atoms with Crippen molar-refractivity contribution in [2.75, 3.05) is 13.7 Å². The summed E-state index contributed by atoms with van der Waals surface area (Å²) in [6.45, 7) is 4.97. The van der Waals surface area contributed by atoms with E-state index in [1.54, 1.807) is 25.3 Å². The summed E-state index contributed by atoms with van der Waals surface area (Å²) in [5.41, 5.74) is 1.88. The SMILES string of the molecule is C=CCC1(c2ccccc2C(=O)O)C(OC)OC(COCc2ccccc2)C1OCc1ccccc1. The molecule has 0 aliphatic carbocycles. The zero-order valence-electron chi connectivity index (χ0n) is 20.4. The standard InChI is InChI=1S/C30H32O6/c1-3-18-30(25-17-11-10-16-24(25)28(31)32)27(35-20-23-14-8-5-9-15-23)26(36-29(30)33-2)21-34-19-22-12-6-4-7-13-22/h3-17,26-27,29H,1,18-21H2,2H3,(H,31,32). The molecule has 1 N–H and O–H groups in total. The number of carbonyl (C=O) groups is 1. The zero-order chi connectivity index (χ0) is 25.4. The van der Waals surface area contributed by atoms with Gasteiger partial charge in [-0.05, 0) is 29.2 Å². The third-order valence-corrected chi connectivity index (χ3v) is 6.59. The average molecular weight is 489 g/mol. The number of hydrogen-bond donors (Lipinski definition) is 1. The molecule has 0 aromatic heterocycles. The van der Waals surface area contributed by atoms with Gasteiger partial charge in [0.2, 0.25) is 0 Å². The Morgan fingerprint density at radius 1 is 0.972 bits per heavy atom. The first-order valence-corrected chi connectivity index (χ1v) is 12.0. The molecular weight excluding hydrogens is 456 g/mol. The molecule has 36 heavy (non-hydrogen) atoms. The van der Waals surface area contributed by atoms with Crippen molar-refractivity contribution in [3.05, 3.63) is 120 Å². The van der Waals surface area contributed by atoms with E-state index in [9.17, 15) is 9.90 Å². The van der Waals surface area contributed by atoms with Gasteiger partial charge >= 0.3 is 5.97 Å². The van der Waals surface area contributed by atoms with E-state index in [0.29, 0.717) is 25.2 Å². The highest BCUT2D eigenvalue weighted by Crippen LogP contribution is 2.48. The summed E-state index contributed by atoms with van der Waals surface area (Å²) in [6, 6.07) is 26.7. The van der Waals surface area contributed by atoms with Crippen molar-refractivity contribution in [2.24, 2.45) is 0 Å². The van der Waals surface area contributed by atoms with Crippen LogP contribution >= 0.6 is 0 Å². The molecule has 0 amide bonds. The second-order valence-electron chi connectivity index (χ2n) is 8.84. The van der Waals surface area contributed by atoms with E-state index >= 15 is 0 Å². The van der Waals surface area contributed by atoms with Crippen LogP contribution in [0.15, 0.2) is 97.6 Å². The summed E-state index contributed by atoms with van der Waals surface area (Å²) in [4.78, 5) is 12.2. The van der Waals surface area contributed by atoms with Crippen molar-refractivity contribution in [3.63, 3.8) is 0 Å². The largest absolute Gasteiger partial charge is 0.478 e. The first-order chi connectivity index (χ1) is 17.6. The van der Waals surface area contributed by atoms with Crippen molar-refractivity contribution >= 4 is 5.97 Å². The van der Waals surface area contributed by atoms with Crippen LogP contribution in [0.2, 0.25) is 0 Å². The fraction of sp³-hybridized carbons (Fsp3) is 0.300. The summed E-state index contributed by atoms with van der Waals surface area (Å²) in [5.74, 6) is -1.02. The molecule has 6 nitrogen and oxygen atoms in total. The quantitative estimate of drug-likeness (QED) is 0.346. The van der Waals surface area contributed by atoms with Gasteiger partial charge in [-0.15, -0.1) is 6.58 Å². The van der Waals surface area contributed by atoms with E-state index < -0.39 is 29.9 Å². The highest BCUT2D eigenvalue weighted by atomic mass is 16.7. The fourth-order valence-corrected chi connectivity index (χ4v) is 5.01. The first kappa shape index (κ1) is 25.8. The maximum atomic E-state index is 12.2.